The van der Waals surface area contributed by atoms with E-state index < -0.39 is 6.04 Å². The van der Waals surface area contributed by atoms with Crippen molar-refractivity contribution in [2.24, 2.45) is 5.73 Å². The van der Waals surface area contributed by atoms with Crippen LogP contribution in [0.1, 0.15) is 44.2 Å². The van der Waals surface area contributed by atoms with E-state index in [0.29, 0.717) is 13.0 Å². The van der Waals surface area contributed by atoms with Gasteiger partial charge < -0.3 is 26.2 Å². The fourth-order valence-corrected chi connectivity index (χ4v) is 3.18. The van der Waals surface area contributed by atoms with E-state index in [1.807, 2.05) is 20.3 Å². The summed E-state index contributed by atoms with van der Waals surface area (Å²) in [6.07, 6.45) is 5.77. The zero-order chi connectivity index (χ0) is 21.6. The summed E-state index contributed by atoms with van der Waals surface area (Å²) < 4.78 is 0. The van der Waals surface area contributed by atoms with Gasteiger partial charge in [0.05, 0.1) is 6.04 Å². The summed E-state index contributed by atoms with van der Waals surface area (Å²) in [5.41, 5.74) is 9.91. The summed E-state index contributed by atoms with van der Waals surface area (Å²) in [5.74, 6) is -0.0225. The van der Waals surface area contributed by atoms with Gasteiger partial charge in [0, 0.05) is 65.6 Å². The van der Waals surface area contributed by atoms with Gasteiger partial charge in [-0.15, -0.1) is 0 Å². The maximum Gasteiger partial charge on any atom is 0.239 e. The lowest BCUT2D eigenvalue weighted by atomic mass is 10.1. The number of unbranched alkanes of at least 4 members (excludes halogenated alkanes) is 1. The van der Waals surface area contributed by atoms with Gasteiger partial charge in [0.1, 0.15) is 0 Å². The van der Waals surface area contributed by atoms with Crippen LogP contribution in [0, 0.1) is 0 Å². The Labute approximate surface area is 177 Å². The van der Waals surface area contributed by atoms with Gasteiger partial charge >= 0.3 is 0 Å². The molecule has 0 bridgehead atoms. The van der Waals surface area contributed by atoms with E-state index in [-0.39, 0.29) is 5.91 Å². The predicted octanol–water partition coefficient (Wildman–Crippen LogP) is 2.31. The standard InChI is InChI=1S/C23H41N5O/c1-6-8-13-27(4)21(18-25-3)16-22(24)23(29)28(5)14-12-26-17-20-11-9-10-19(7-2)15-20/h9-11,15,18,22,25-26H,6-8,12-14,16-17,24H2,1-5H3/b21-18-. The molecule has 6 heteroatoms. The molecule has 0 saturated carbocycles. The Bertz CT molecular complexity index is 631. The third-order valence-corrected chi connectivity index (χ3v) is 5.12. The van der Waals surface area contributed by atoms with Crippen LogP contribution in [0.4, 0.5) is 0 Å². The molecule has 1 unspecified atom stereocenters. The van der Waals surface area contributed by atoms with Crippen LogP contribution in [-0.4, -0.2) is 62.5 Å². The Morgan fingerprint density at radius 1 is 1.17 bits per heavy atom. The first-order chi connectivity index (χ1) is 13.9. The van der Waals surface area contributed by atoms with Gasteiger partial charge in [-0.2, -0.15) is 0 Å². The molecule has 164 valence electrons. The highest BCUT2D eigenvalue weighted by Gasteiger charge is 2.20. The van der Waals surface area contributed by atoms with Crippen LogP contribution in [-0.2, 0) is 17.8 Å². The van der Waals surface area contributed by atoms with Gasteiger partial charge in [-0.3, -0.25) is 4.79 Å². The molecule has 4 N–H and O–H groups in total. The van der Waals surface area contributed by atoms with Gasteiger partial charge in [-0.1, -0.05) is 44.5 Å². The molecule has 0 aromatic heterocycles. The minimum atomic E-state index is -0.537. The average Bonchev–Trinajstić information content (AvgIpc) is 2.73. The Morgan fingerprint density at radius 2 is 1.90 bits per heavy atom. The maximum atomic E-state index is 12.7. The predicted molar refractivity (Wildman–Crippen MR) is 122 cm³/mol. The fourth-order valence-electron chi connectivity index (χ4n) is 3.18. The summed E-state index contributed by atoms with van der Waals surface area (Å²) in [6.45, 7) is 7.48. The normalized spacial score (nSPS) is 12.6. The molecule has 6 nitrogen and oxygen atoms in total. The molecule has 0 spiro atoms. The van der Waals surface area contributed by atoms with Crippen LogP contribution < -0.4 is 16.4 Å². The largest absolute Gasteiger partial charge is 0.393 e. The van der Waals surface area contributed by atoms with E-state index in [0.717, 1.165) is 44.6 Å². The average molecular weight is 404 g/mol. The SMILES string of the molecule is CCCCN(C)/C(=C\NC)CC(N)C(=O)N(C)CCNCc1cccc(CC)c1. The molecule has 1 atom stereocenters. The number of hydrogen-bond acceptors (Lipinski definition) is 5. The highest BCUT2D eigenvalue weighted by Crippen LogP contribution is 2.11. The molecule has 1 rings (SSSR count). The Kier molecular flexibility index (Phi) is 12.1. The van der Waals surface area contributed by atoms with Gasteiger partial charge in [0.25, 0.3) is 0 Å². The van der Waals surface area contributed by atoms with Crippen molar-refractivity contribution in [3.63, 3.8) is 0 Å². The van der Waals surface area contributed by atoms with E-state index in [1.165, 1.54) is 11.1 Å². The van der Waals surface area contributed by atoms with Crippen LogP contribution in [0.3, 0.4) is 0 Å². The molecule has 0 aliphatic carbocycles. The molecule has 0 aliphatic rings. The van der Waals surface area contributed by atoms with E-state index in [2.05, 4.69) is 60.7 Å². The van der Waals surface area contributed by atoms with Gasteiger partial charge in [0.15, 0.2) is 0 Å². The van der Waals surface area contributed by atoms with Gasteiger partial charge in [-0.05, 0) is 24.0 Å². The number of likely N-dealkylation sites (N-methyl/N-ethyl adjacent to an activating group) is 1. The number of aryl methyl sites for hydroxylation is 1. The van der Waals surface area contributed by atoms with Crippen molar-refractivity contribution in [2.75, 3.05) is 40.8 Å². The number of benzene rings is 1. The maximum absolute atomic E-state index is 12.7. The quantitative estimate of drug-likeness (QED) is 0.416. The number of carbonyl (C=O) groups is 1. The minimum Gasteiger partial charge on any atom is -0.393 e. The molecule has 0 saturated heterocycles. The number of amides is 1. The molecule has 0 heterocycles. The van der Waals surface area contributed by atoms with Crippen molar-refractivity contribution in [3.05, 3.63) is 47.3 Å². The topological polar surface area (TPSA) is 73.6 Å². The Hall–Kier alpha value is -2.05. The smallest absolute Gasteiger partial charge is 0.239 e. The van der Waals surface area contributed by atoms with Crippen molar-refractivity contribution in [3.8, 4) is 0 Å². The van der Waals surface area contributed by atoms with Crippen LogP contribution in [0.25, 0.3) is 0 Å². The zero-order valence-corrected chi connectivity index (χ0v) is 19.0. The van der Waals surface area contributed by atoms with Crippen molar-refractivity contribution in [1.82, 2.24) is 20.4 Å². The number of hydrogen-bond donors (Lipinski definition) is 3. The summed E-state index contributed by atoms with van der Waals surface area (Å²) in [6, 6.07) is 8.06. The third-order valence-electron chi connectivity index (χ3n) is 5.12. The fraction of sp³-hybridized carbons (Fsp3) is 0.609. The van der Waals surface area contributed by atoms with Crippen molar-refractivity contribution >= 4 is 5.91 Å². The Morgan fingerprint density at radius 3 is 2.55 bits per heavy atom. The van der Waals surface area contributed by atoms with Crippen LogP contribution in [0.5, 0.6) is 0 Å². The van der Waals surface area contributed by atoms with Crippen LogP contribution in [0.2, 0.25) is 0 Å². The van der Waals surface area contributed by atoms with Crippen LogP contribution >= 0.6 is 0 Å². The summed E-state index contributed by atoms with van der Waals surface area (Å²) in [5, 5.41) is 6.49. The highest BCUT2D eigenvalue weighted by molar-refractivity contribution is 5.81. The van der Waals surface area contributed by atoms with Crippen LogP contribution in [0.15, 0.2) is 36.2 Å². The monoisotopic (exact) mass is 403 g/mol. The first-order valence-electron chi connectivity index (χ1n) is 10.8. The molecular weight excluding hydrogens is 362 g/mol. The van der Waals surface area contributed by atoms with E-state index in [9.17, 15) is 4.79 Å². The second-order valence-corrected chi connectivity index (χ2v) is 7.62. The lowest BCUT2D eigenvalue weighted by molar-refractivity contribution is -0.131. The molecule has 29 heavy (non-hydrogen) atoms. The lowest BCUT2D eigenvalue weighted by Gasteiger charge is -2.27. The Balaban J connectivity index is 2.44. The highest BCUT2D eigenvalue weighted by atomic mass is 16.2. The van der Waals surface area contributed by atoms with Crippen molar-refractivity contribution in [2.45, 2.75) is 52.1 Å². The minimum absolute atomic E-state index is 0.0225. The second-order valence-electron chi connectivity index (χ2n) is 7.62. The molecule has 1 amide bonds. The number of nitrogens with zero attached hydrogens (tertiary/aromatic N) is 2. The summed E-state index contributed by atoms with van der Waals surface area (Å²) in [4.78, 5) is 16.6. The summed E-state index contributed by atoms with van der Waals surface area (Å²) >= 11 is 0. The number of rotatable bonds is 14. The second kappa shape index (κ2) is 14.0. The molecule has 1 aromatic carbocycles. The van der Waals surface area contributed by atoms with Gasteiger partial charge in [-0.25, -0.2) is 0 Å². The lowest BCUT2D eigenvalue weighted by Crippen LogP contribution is -2.45. The first-order valence-corrected chi connectivity index (χ1v) is 10.8. The number of nitrogens with one attached hydrogen (secondary N) is 2. The molecular formula is C23H41N5O. The number of nitrogens with two attached hydrogens (primary N) is 1. The van der Waals surface area contributed by atoms with Crippen molar-refractivity contribution in [1.29, 1.82) is 0 Å². The first kappa shape index (κ1) is 25.0. The van der Waals surface area contributed by atoms with Crippen molar-refractivity contribution < 1.29 is 4.79 Å². The summed E-state index contributed by atoms with van der Waals surface area (Å²) in [7, 11) is 5.75. The molecule has 0 aliphatic heterocycles. The van der Waals surface area contributed by atoms with E-state index in [4.69, 9.17) is 5.73 Å². The van der Waals surface area contributed by atoms with E-state index in [1.54, 1.807) is 4.90 Å². The van der Waals surface area contributed by atoms with Gasteiger partial charge in [0.2, 0.25) is 5.91 Å². The van der Waals surface area contributed by atoms with E-state index >= 15 is 0 Å². The molecule has 0 radical (unpaired) electrons. The zero-order valence-electron chi connectivity index (χ0n) is 19.0. The molecule has 0 fully saturated rings. The number of carbonyl (C=O) groups excluding carboxylic acids is 1. The molecule has 1 aromatic rings. The third kappa shape index (κ3) is 9.33.